The number of pyridine rings is 1. The zero-order valence-corrected chi connectivity index (χ0v) is 20.0. The standard InChI is InChI=1S/C28H26F3N3O3/c29-28(30,31)23-10-9-18-11-12-34(16-22-13-20-3-1-2-4-21(20)15-32-22)25(18)24(23)26(35)33-14-17-5-7-19(8-6-17)27(36)37/h1-4,9-13,15,17,19H,5-8,14,16H2,(H,33,35)(H,36,37)/t17-,19-. The van der Waals surface area contributed by atoms with Crippen LogP contribution in [-0.2, 0) is 17.5 Å². The van der Waals surface area contributed by atoms with E-state index in [2.05, 4.69) is 10.3 Å². The summed E-state index contributed by atoms with van der Waals surface area (Å²) in [7, 11) is 0. The fourth-order valence-corrected chi connectivity index (χ4v) is 5.22. The summed E-state index contributed by atoms with van der Waals surface area (Å²) < 4.78 is 43.7. The predicted octanol–water partition coefficient (Wildman–Crippen LogP) is 5.88. The van der Waals surface area contributed by atoms with Crippen LogP contribution in [0.1, 0.15) is 47.3 Å². The zero-order chi connectivity index (χ0) is 26.2. The van der Waals surface area contributed by atoms with Crippen LogP contribution in [0.15, 0.2) is 60.9 Å². The molecule has 0 aliphatic heterocycles. The monoisotopic (exact) mass is 509 g/mol. The molecule has 0 spiro atoms. The molecule has 1 aliphatic rings. The highest BCUT2D eigenvalue weighted by Gasteiger charge is 2.37. The third-order valence-corrected chi connectivity index (χ3v) is 7.23. The second kappa shape index (κ2) is 9.88. The molecule has 2 N–H and O–H groups in total. The number of hydrogen-bond donors (Lipinski definition) is 2. The number of alkyl halides is 3. The molecule has 2 aromatic carbocycles. The third-order valence-electron chi connectivity index (χ3n) is 7.23. The number of carbonyl (C=O) groups is 2. The van der Waals surface area contributed by atoms with Crippen LogP contribution in [-0.4, -0.2) is 33.1 Å². The average molecular weight is 510 g/mol. The van der Waals surface area contributed by atoms with E-state index < -0.39 is 35.1 Å². The third kappa shape index (κ3) is 5.16. The quantitative estimate of drug-likeness (QED) is 0.340. The number of aromatic nitrogens is 2. The summed E-state index contributed by atoms with van der Waals surface area (Å²) in [6.45, 7) is 0.404. The Morgan fingerprint density at radius 2 is 1.73 bits per heavy atom. The topological polar surface area (TPSA) is 84.2 Å². The molecule has 5 rings (SSSR count). The number of hydrogen-bond acceptors (Lipinski definition) is 3. The van der Waals surface area contributed by atoms with Gasteiger partial charge in [-0.3, -0.25) is 14.6 Å². The maximum atomic E-state index is 14.0. The Bertz CT molecular complexity index is 1470. The van der Waals surface area contributed by atoms with Gasteiger partial charge in [-0.15, -0.1) is 0 Å². The Morgan fingerprint density at radius 3 is 2.43 bits per heavy atom. The number of rotatable bonds is 6. The van der Waals surface area contributed by atoms with E-state index in [0.717, 1.165) is 16.8 Å². The summed E-state index contributed by atoms with van der Waals surface area (Å²) in [5.74, 6) is -1.98. The lowest BCUT2D eigenvalue weighted by molar-refractivity contribution is -0.143. The minimum absolute atomic E-state index is 0.0293. The number of amides is 1. The van der Waals surface area contributed by atoms with Gasteiger partial charge in [0.25, 0.3) is 5.91 Å². The number of nitrogens with one attached hydrogen (secondary N) is 1. The first-order valence-corrected chi connectivity index (χ1v) is 12.2. The molecule has 37 heavy (non-hydrogen) atoms. The molecule has 1 fully saturated rings. The van der Waals surface area contributed by atoms with Crippen LogP contribution in [0.4, 0.5) is 13.2 Å². The van der Waals surface area contributed by atoms with E-state index in [4.69, 9.17) is 0 Å². The fraction of sp³-hybridized carbons (Fsp3) is 0.321. The van der Waals surface area contributed by atoms with Crippen molar-refractivity contribution < 1.29 is 27.9 Å². The lowest BCUT2D eigenvalue weighted by atomic mass is 9.82. The smallest absolute Gasteiger partial charge is 0.417 e. The van der Waals surface area contributed by atoms with E-state index >= 15 is 0 Å². The minimum atomic E-state index is -4.71. The van der Waals surface area contributed by atoms with Crippen LogP contribution in [0.5, 0.6) is 0 Å². The van der Waals surface area contributed by atoms with Crippen molar-refractivity contribution in [3.8, 4) is 0 Å². The maximum absolute atomic E-state index is 14.0. The Kier molecular flexibility index (Phi) is 6.62. The number of carboxylic acid groups (broad SMARTS) is 1. The van der Waals surface area contributed by atoms with E-state index in [9.17, 15) is 27.9 Å². The first kappa shape index (κ1) is 24.8. The molecule has 1 amide bonds. The van der Waals surface area contributed by atoms with Crippen LogP contribution < -0.4 is 5.32 Å². The first-order chi connectivity index (χ1) is 17.7. The minimum Gasteiger partial charge on any atom is -0.481 e. The van der Waals surface area contributed by atoms with Gasteiger partial charge in [-0.25, -0.2) is 0 Å². The van der Waals surface area contributed by atoms with Gasteiger partial charge in [0.2, 0.25) is 0 Å². The molecule has 1 aliphatic carbocycles. The molecule has 0 saturated heterocycles. The van der Waals surface area contributed by atoms with Crippen molar-refractivity contribution in [1.82, 2.24) is 14.9 Å². The molecule has 4 aromatic rings. The summed E-state index contributed by atoms with van der Waals surface area (Å²) in [4.78, 5) is 28.9. The normalized spacial score (nSPS) is 18.2. The molecule has 0 radical (unpaired) electrons. The highest BCUT2D eigenvalue weighted by atomic mass is 19.4. The summed E-state index contributed by atoms with van der Waals surface area (Å²) in [5.41, 5.74) is -0.527. The van der Waals surface area contributed by atoms with Gasteiger partial charge < -0.3 is 15.0 Å². The highest BCUT2D eigenvalue weighted by Crippen LogP contribution is 2.36. The molecule has 1 saturated carbocycles. The molecule has 0 unspecified atom stereocenters. The van der Waals surface area contributed by atoms with Crippen LogP contribution in [0.25, 0.3) is 21.7 Å². The van der Waals surface area contributed by atoms with Crippen molar-refractivity contribution >= 4 is 33.6 Å². The van der Waals surface area contributed by atoms with Crippen molar-refractivity contribution in [2.45, 2.75) is 38.4 Å². The summed E-state index contributed by atoms with van der Waals surface area (Å²) in [5, 5.41) is 14.3. The lowest BCUT2D eigenvalue weighted by Gasteiger charge is -2.26. The first-order valence-electron chi connectivity index (χ1n) is 12.2. The van der Waals surface area contributed by atoms with Gasteiger partial charge in [0.15, 0.2) is 0 Å². The van der Waals surface area contributed by atoms with Gasteiger partial charge in [0.1, 0.15) is 0 Å². The summed E-state index contributed by atoms with van der Waals surface area (Å²) in [6, 6.07) is 13.6. The van der Waals surface area contributed by atoms with Crippen molar-refractivity contribution in [3.63, 3.8) is 0 Å². The molecular formula is C28H26F3N3O3. The van der Waals surface area contributed by atoms with Gasteiger partial charge in [0.05, 0.1) is 34.8 Å². The van der Waals surface area contributed by atoms with Crippen LogP contribution in [0, 0.1) is 11.8 Å². The Hall–Kier alpha value is -3.88. The largest absolute Gasteiger partial charge is 0.481 e. The van der Waals surface area contributed by atoms with E-state index in [0.29, 0.717) is 36.8 Å². The van der Waals surface area contributed by atoms with Crippen LogP contribution >= 0.6 is 0 Å². The lowest BCUT2D eigenvalue weighted by Crippen LogP contribution is -2.33. The SMILES string of the molecule is O=C(NC[C@H]1CC[C@H](C(=O)O)CC1)c1c(C(F)(F)F)ccc2ccn(Cc3cc4ccccc4cn3)c12. The van der Waals surface area contributed by atoms with Crippen LogP contribution in [0.2, 0.25) is 0 Å². The van der Waals surface area contributed by atoms with Gasteiger partial charge in [-0.1, -0.05) is 30.3 Å². The molecule has 0 atom stereocenters. The van der Waals surface area contributed by atoms with E-state index in [1.54, 1.807) is 23.0 Å². The zero-order valence-electron chi connectivity index (χ0n) is 20.0. The molecule has 9 heteroatoms. The number of aliphatic carboxylic acids is 1. The molecule has 2 aromatic heterocycles. The Labute approximate surface area is 211 Å². The second-order valence-electron chi connectivity index (χ2n) is 9.66. The molecular weight excluding hydrogens is 483 g/mol. The molecule has 192 valence electrons. The van der Waals surface area contributed by atoms with Gasteiger partial charge in [0, 0.05) is 29.7 Å². The molecule has 6 nitrogen and oxygen atoms in total. The number of carbonyl (C=O) groups excluding carboxylic acids is 1. The van der Waals surface area contributed by atoms with Gasteiger partial charge in [-0.05, 0) is 55.2 Å². The fourth-order valence-electron chi connectivity index (χ4n) is 5.22. The number of fused-ring (bicyclic) bond motifs is 2. The van der Waals surface area contributed by atoms with Crippen molar-refractivity contribution in [1.29, 1.82) is 0 Å². The molecule has 2 heterocycles. The van der Waals surface area contributed by atoms with Gasteiger partial charge >= 0.3 is 12.1 Å². The summed E-state index contributed by atoms with van der Waals surface area (Å²) in [6.07, 6.45) is 0.906. The van der Waals surface area contributed by atoms with Crippen molar-refractivity contribution in [2.75, 3.05) is 6.54 Å². The summed E-state index contributed by atoms with van der Waals surface area (Å²) >= 11 is 0. The predicted molar refractivity (Wildman–Crippen MR) is 133 cm³/mol. The van der Waals surface area contributed by atoms with Gasteiger partial charge in [-0.2, -0.15) is 13.2 Å². The maximum Gasteiger partial charge on any atom is 0.417 e. The second-order valence-corrected chi connectivity index (χ2v) is 9.66. The Morgan fingerprint density at radius 1 is 1.00 bits per heavy atom. The Balaban J connectivity index is 1.45. The number of nitrogens with zero attached hydrogens (tertiary/aromatic N) is 2. The van der Waals surface area contributed by atoms with Crippen LogP contribution in [0.3, 0.4) is 0 Å². The van der Waals surface area contributed by atoms with Crippen molar-refractivity contribution in [3.05, 3.63) is 77.7 Å². The number of halogens is 3. The van der Waals surface area contributed by atoms with E-state index in [-0.39, 0.29) is 24.5 Å². The van der Waals surface area contributed by atoms with Crippen molar-refractivity contribution in [2.24, 2.45) is 11.8 Å². The number of carboxylic acids is 1. The van der Waals surface area contributed by atoms with E-state index in [1.807, 2.05) is 30.3 Å². The number of benzene rings is 2. The van der Waals surface area contributed by atoms with E-state index in [1.165, 1.54) is 6.07 Å². The average Bonchev–Trinajstić information content (AvgIpc) is 3.29. The highest BCUT2D eigenvalue weighted by molar-refractivity contribution is 6.07. The molecule has 0 bridgehead atoms.